The maximum Gasteiger partial charge on any atom is 0.261 e. The van der Waals surface area contributed by atoms with E-state index in [1.54, 1.807) is 22.7 Å². The van der Waals surface area contributed by atoms with E-state index in [0.29, 0.717) is 35.6 Å². The smallest absolute Gasteiger partial charge is 0.261 e. The molecule has 6 aromatic rings. The Morgan fingerprint density at radius 3 is 1.14 bits per heavy atom. The predicted octanol–water partition coefficient (Wildman–Crippen LogP) is 16.6. The Labute approximate surface area is 409 Å². The van der Waals surface area contributed by atoms with Gasteiger partial charge in [0.1, 0.15) is 0 Å². The molecule has 8 rings (SSSR count). The van der Waals surface area contributed by atoms with Gasteiger partial charge in [0.2, 0.25) is 0 Å². The molecule has 2 aliphatic rings. The zero-order chi connectivity index (χ0) is 45.8. The third-order valence-corrected chi connectivity index (χ3v) is 17.7. The first-order valence-corrected chi connectivity index (χ1v) is 28.1. The minimum absolute atomic E-state index is 0.101. The zero-order valence-electron chi connectivity index (χ0n) is 39.5. The second kappa shape index (κ2) is 23.5. The summed E-state index contributed by atoms with van der Waals surface area (Å²) >= 11 is 7.34. The molecule has 0 atom stereocenters. The van der Waals surface area contributed by atoms with Gasteiger partial charge < -0.3 is 9.80 Å². The summed E-state index contributed by atoms with van der Waals surface area (Å²) in [5.41, 5.74) is 5.77. The highest BCUT2D eigenvalue weighted by Gasteiger charge is 2.48. The summed E-state index contributed by atoms with van der Waals surface area (Å²) in [6, 6.07) is 26.1. The second-order valence-electron chi connectivity index (χ2n) is 17.8. The van der Waals surface area contributed by atoms with Crippen LogP contribution in [0, 0.1) is 0 Å². The molecule has 0 N–H and O–H groups in total. The fourth-order valence-electron chi connectivity index (χ4n) is 9.13. The number of carbonyl (C=O) groups is 2. The average molecular weight is 955 g/mol. The summed E-state index contributed by atoms with van der Waals surface area (Å²) < 4.78 is 0. The van der Waals surface area contributed by atoms with E-state index in [0.717, 1.165) is 96.5 Å². The summed E-state index contributed by atoms with van der Waals surface area (Å²) in [6.45, 7) is 10.0. The van der Waals surface area contributed by atoms with E-state index in [4.69, 9.17) is 9.97 Å². The van der Waals surface area contributed by atoms with Crippen molar-refractivity contribution in [2.24, 2.45) is 0 Å². The van der Waals surface area contributed by atoms with Crippen molar-refractivity contribution in [1.29, 1.82) is 0 Å². The SMILES string of the molecule is CCCCCCc1ccc(-c2ccc(-c3ccc(C4=C5C(=O)N(CCCCCC)C(c6ccc(-c7ccc(-c8ccc(CCCCCC)s8)s7)nc6)=C5C(=O)N4CCCCCC)cn3)s2)s1. The van der Waals surface area contributed by atoms with Gasteiger partial charge in [-0.05, 0) is 111 Å². The Morgan fingerprint density at radius 1 is 0.394 bits per heavy atom. The highest BCUT2D eigenvalue weighted by Crippen LogP contribution is 2.48. The molecule has 0 unspecified atom stereocenters. The van der Waals surface area contributed by atoms with Crippen molar-refractivity contribution in [3.63, 3.8) is 0 Å². The molecule has 6 nitrogen and oxygen atoms in total. The molecule has 0 radical (unpaired) electrons. The number of rotatable bonds is 26. The Bertz CT molecular complexity index is 2430. The van der Waals surface area contributed by atoms with E-state index in [2.05, 4.69) is 100 Å². The van der Waals surface area contributed by atoms with Crippen LogP contribution in [0.1, 0.15) is 151 Å². The topological polar surface area (TPSA) is 66.4 Å². The van der Waals surface area contributed by atoms with Crippen molar-refractivity contribution < 1.29 is 9.59 Å². The number of fused-ring (bicyclic) bond motifs is 1. The lowest BCUT2D eigenvalue weighted by Crippen LogP contribution is -2.31. The lowest BCUT2D eigenvalue weighted by molar-refractivity contribution is -0.124. The molecular weight excluding hydrogens is 889 g/mol. The lowest BCUT2D eigenvalue weighted by Gasteiger charge is -2.25. The van der Waals surface area contributed by atoms with Crippen molar-refractivity contribution >= 4 is 68.6 Å². The number of carbonyl (C=O) groups excluding carboxylic acids is 2. The van der Waals surface area contributed by atoms with Crippen LogP contribution in [0.25, 0.3) is 52.0 Å². The maximum atomic E-state index is 14.9. The van der Waals surface area contributed by atoms with Crippen LogP contribution in [0.3, 0.4) is 0 Å². The monoisotopic (exact) mass is 954 g/mol. The molecule has 6 aromatic heterocycles. The number of pyridine rings is 2. The molecule has 8 heterocycles. The molecule has 0 aliphatic carbocycles. The van der Waals surface area contributed by atoms with Gasteiger partial charge in [0, 0.05) is 65.9 Å². The zero-order valence-corrected chi connectivity index (χ0v) is 42.7. The molecule has 2 aliphatic heterocycles. The predicted molar refractivity (Wildman–Crippen MR) is 283 cm³/mol. The quantitative estimate of drug-likeness (QED) is 0.0508. The molecule has 0 bridgehead atoms. The van der Waals surface area contributed by atoms with Gasteiger partial charge in [-0.15, -0.1) is 45.3 Å². The number of unbranched alkanes of at least 4 members (excludes halogenated alkanes) is 12. The minimum atomic E-state index is -0.101. The van der Waals surface area contributed by atoms with Crippen LogP contribution in [0.15, 0.2) is 96.3 Å². The van der Waals surface area contributed by atoms with E-state index >= 15 is 0 Å². The average Bonchev–Trinajstić information content (AvgIpc) is 4.21. The van der Waals surface area contributed by atoms with Crippen LogP contribution in [-0.4, -0.2) is 44.7 Å². The van der Waals surface area contributed by atoms with Crippen LogP contribution in [-0.2, 0) is 22.4 Å². The Balaban J connectivity index is 1.09. The van der Waals surface area contributed by atoms with Crippen LogP contribution in [0.4, 0.5) is 0 Å². The molecule has 0 saturated carbocycles. The number of amides is 2. The fourth-order valence-corrected chi connectivity index (χ4v) is 13.4. The summed E-state index contributed by atoms with van der Waals surface area (Å²) in [7, 11) is 0. The van der Waals surface area contributed by atoms with Crippen LogP contribution < -0.4 is 0 Å². The third-order valence-electron chi connectivity index (χ3n) is 12.8. The number of aryl methyl sites for hydroxylation is 2. The number of thiophene rings is 4. The van der Waals surface area contributed by atoms with Gasteiger partial charge in [-0.25, -0.2) is 0 Å². The number of nitrogens with zero attached hydrogens (tertiary/aromatic N) is 4. The fraction of sp³-hybridized carbons (Fsp3) is 0.429. The molecule has 10 heteroatoms. The Morgan fingerprint density at radius 2 is 0.758 bits per heavy atom. The highest BCUT2D eigenvalue weighted by molar-refractivity contribution is 7.24. The van der Waals surface area contributed by atoms with Crippen molar-refractivity contribution in [1.82, 2.24) is 19.8 Å². The van der Waals surface area contributed by atoms with Gasteiger partial charge in [-0.2, -0.15) is 0 Å². The molecule has 0 aromatic carbocycles. The summed E-state index contributed by atoms with van der Waals surface area (Å²) in [4.78, 5) is 53.9. The van der Waals surface area contributed by atoms with E-state index in [1.807, 2.05) is 44.9 Å². The van der Waals surface area contributed by atoms with Gasteiger partial charge in [0.05, 0.1) is 43.7 Å². The molecule has 0 fully saturated rings. The van der Waals surface area contributed by atoms with Gasteiger partial charge in [0.25, 0.3) is 11.8 Å². The third kappa shape index (κ3) is 11.1. The van der Waals surface area contributed by atoms with Crippen molar-refractivity contribution in [3.05, 3.63) is 117 Å². The molecule has 0 saturated heterocycles. The lowest BCUT2D eigenvalue weighted by atomic mass is 10.0. The Kier molecular flexibility index (Phi) is 17.1. The first-order valence-electron chi connectivity index (χ1n) is 24.9. The molecule has 346 valence electrons. The van der Waals surface area contributed by atoms with Crippen molar-refractivity contribution in [2.75, 3.05) is 13.1 Å². The van der Waals surface area contributed by atoms with E-state index in [9.17, 15) is 9.59 Å². The van der Waals surface area contributed by atoms with Crippen molar-refractivity contribution in [2.45, 2.75) is 143 Å². The normalized spacial score (nSPS) is 13.9. The van der Waals surface area contributed by atoms with Crippen LogP contribution in [0.5, 0.6) is 0 Å². The Hall–Kier alpha value is -4.48. The van der Waals surface area contributed by atoms with Crippen LogP contribution >= 0.6 is 45.3 Å². The van der Waals surface area contributed by atoms with E-state index in [-0.39, 0.29) is 11.8 Å². The molecule has 66 heavy (non-hydrogen) atoms. The summed E-state index contributed by atoms with van der Waals surface area (Å²) in [5.74, 6) is -0.201. The van der Waals surface area contributed by atoms with Gasteiger partial charge in [-0.1, -0.05) is 105 Å². The van der Waals surface area contributed by atoms with Gasteiger partial charge >= 0.3 is 0 Å². The molecular formula is C56H66N4O2S4. The standard InChI is InChI=1S/C56H66N4O2S4/c1-5-9-13-17-21-41-25-29-47(63-41)49-33-31-45(65-49)43-27-23-39(37-57-43)53-51-52(56(62)59(53)35-19-15-11-7-3)54(60(55(51)61)36-20-16-12-8-4)40-24-28-44(58-38-40)46-32-34-50(66-46)48-30-26-42(64-48)22-18-14-10-6-2/h23-34,37-38H,5-22,35-36H2,1-4H3. The first kappa shape index (κ1) is 48.0. The maximum absolute atomic E-state index is 14.9. The largest absolute Gasteiger partial charge is 0.307 e. The summed E-state index contributed by atoms with van der Waals surface area (Å²) in [5, 5.41) is 0. The van der Waals surface area contributed by atoms with Crippen LogP contribution in [0.2, 0.25) is 0 Å². The summed E-state index contributed by atoms with van der Waals surface area (Å²) in [6.07, 6.45) is 24.5. The van der Waals surface area contributed by atoms with Gasteiger partial charge in [-0.3, -0.25) is 19.6 Å². The second-order valence-corrected chi connectivity index (χ2v) is 22.3. The number of hydrogen-bond donors (Lipinski definition) is 0. The van der Waals surface area contributed by atoms with E-state index in [1.165, 1.54) is 80.6 Å². The first-order chi connectivity index (χ1) is 32.4. The van der Waals surface area contributed by atoms with E-state index < -0.39 is 0 Å². The number of aromatic nitrogens is 2. The molecule has 2 amide bonds. The number of hydrogen-bond acceptors (Lipinski definition) is 8. The minimum Gasteiger partial charge on any atom is -0.307 e. The highest BCUT2D eigenvalue weighted by atomic mass is 32.1. The molecule has 0 spiro atoms. The van der Waals surface area contributed by atoms with Crippen molar-refractivity contribution in [3.8, 4) is 40.7 Å². The van der Waals surface area contributed by atoms with Gasteiger partial charge in [0.15, 0.2) is 0 Å².